The second-order valence-electron chi connectivity index (χ2n) is 4.65. The maximum Gasteiger partial charge on any atom is 0.271 e. The van der Waals surface area contributed by atoms with Crippen molar-refractivity contribution in [2.24, 2.45) is 0 Å². The molecule has 0 aliphatic carbocycles. The van der Waals surface area contributed by atoms with Crippen LogP contribution in [0.25, 0.3) is 10.6 Å². The molecule has 0 fully saturated rings. The van der Waals surface area contributed by atoms with E-state index in [-0.39, 0.29) is 12.5 Å². The average Bonchev–Trinajstić information content (AvgIpc) is 3.14. The molecule has 0 aliphatic rings. The Morgan fingerprint density at radius 3 is 2.70 bits per heavy atom. The molecular formula is C14H18N2O2S2. The summed E-state index contributed by atoms with van der Waals surface area (Å²) in [7, 11) is 0. The fourth-order valence-electron chi connectivity index (χ4n) is 1.89. The molecule has 4 nitrogen and oxygen atoms in total. The Morgan fingerprint density at radius 2 is 2.15 bits per heavy atom. The number of aliphatic hydroxyl groups is 1. The van der Waals surface area contributed by atoms with Gasteiger partial charge in [0, 0.05) is 16.3 Å². The van der Waals surface area contributed by atoms with E-state index in [0.29, 0.717) is 18.5 Å². The van der Waals surface area contributed by atoms with Crippen LogP contribution in [-0.2, 0) is 0 Å². The first-order valence-corrected chi connectivity index (χ1v) is 8.38. The topological polar surface area (TPSA) is 62.2 Å². The number of nitrogens with one attached hydrogen (secondary N) is 1. The molecule has 0 atom stereocenters. The Balaban J connectivity index is 2.14. The van der Waals surface area contributed by atoms with Crippen LogP contribution in [0, 0.1) is 0 Å². The Labute approximate surface area is 126 Å². The molecule has 20 heavy (non-hydrogen) atoms. The predicted octanol–water partition coefficient (Wildman–Crippen LogP) is 3.15. The van der Waals surface area contributed by atoms with Crippen LogP contribution in [0.5, 0.6) is 0 Å². The van der Waals surface area contributed by atoms with Gasteiger partial charge in [-0.1, -0.05) is 13.8 Å². The smallest absolute Gasteiger partial charge is 0.271 e. The lowest BCUT2D eigenvalue weighted by Crippen LogP contribution is -2.50. The molecule has 0 aliphatic heterocycles. The number of thiophene rings is 1. The van der Waals surface area contributed by atoms with E-state index in [9.17, 15) is 9.90 Å². The van der Waals surface area contributed by atoms with Crippen molar-refractivity contribution in [2.75, 3.05) is 6.61 Å². The van der Waals surface area contributed by atoms with Crippen molar-refractivity contribution in [3.8, 4) is 10.6 Å². The molecule has 2 N–H and O–H groups in total. The summed E-state index contributed by atoms with van der Waals surface area (Å²) < 4.78 is 0. The number of aliphatic hydroxyl groups excluding tert-OH is 1. The SMILES string of the molecule is CCC(CC)(CO)NC(=O)c1csc(-c2ccsc2)n1. The number of aromatic nitrogens is 1. The van der Waals surface area contributed by atoms with Crippen LogP contribution >= 0.6 is 22.7 Å². The van der Waals surface area contributed by atoms with Gasteiger partial charge in [-0.2, -0.15) is 11.3 Å². The molecule has 0 unspecified atom stereocenters. The molecule has 2 rings (SSSR count). The third-order valence-electron chi connectivity index (χ3n) is 3.54. The van der Waals surface area contributed by atoms with Gasteiger partial charge in [0.15, 0.2) is 0 Å². The minimum atomic E-state index is -0.552. The summed E-state index contributed by atoms with van der Waals surface area (Å²) >= 11 is 3.06. The fraction of sp³-hybridized carbons (Fsp3) is 0.429. The van der Waals surface area contributed by atoms with Gasteiger partial charge in [-0.3, -0.25) is 4.79 Å². The molecule has 0 radical (unpaired) electrons. The average molecular weight is 310 g/mol. The van der Waals surface area contributed by atoms with Crippen LogP contribution in [0.1, 0.15) is 37.2 Å². The highest BCUT2D eigenvalue weighted by atomic mass is 32.1. The standard InChI is InChI=1S/C14H18N2O2S2/c1-3-14(4-2,9-17)16-12(18)11-8-20-13(15-11)10-5-6-19-7-10/h5-8,17H,3-4,9H2,1-2H3,(H,16,18). The van der Waals surface area contributed by atoms with Gasteiger partial charge in [-0.05, 0) is 24.3 Å². The minimum Gasteiger partial charge on any atom is -0.394 e. The van der Waals surface area contributed by atoms with Gasteiger partial charge < -0.3 is 10.4 Å². The summed E-state index contributed by atoms with van der Waals surface area (Å²) in [5, 5.41) is 19.0. The summed E-state index contributed by atoms with van der Waals surface area (Å²) in [4.78, 5) is 16.6. The van der Waals surface area contributed by atoms with Crippen LogP contribution in [0.15, 0.2) is 22.2 Å². The van der Waals surface area contributed by atoms with Crippen LogP contribution in [0.3, 0.4) is 0 Å². The molecule has 0 saturated heterocycles. The molecule has 2 aromatic heterocycles. The Kier molecular flexibility index (Phi) is 4.91. The van der Waals surface area contributed by atoms with Crippen LogP contribution in [0.2, 0.25) is 0 Å². The molecule has 0 bridgehead atoms. The van der Waals surface area contributed by atoms with Crippen molar-refractivity contribution >= 4 is 28.6 Å². The Bertz CT molecular complexity index is 551. The highest BCUT2D eigenvalue weighted by molar-refractivity contribution is 7.14. The number of hydrogen-bond donors (Lipinski definition) is 2. The molecule has 0 aromatic carbocycles. The van der Waals surface area contributed by atoms with Gasteiger partial charge in [0.05, 0.1) is 12.1 Å². The molecule has 0 saturated carbocycles. The lowest BCUT2D eigenvalue weighted by atomic mass is 9.94. The van der Waals surface area contributed by atoms with Crippen molar-refractivity contribution in [1.29, 1.82) is 0 Å². The second kappa shape index (κ2) is 6.47. The first-order valence-electron chi connectivity index (χ1n) is 6.55. The summed E-state index contributed by atoms with van der Waals surface area (Å²) in [6, 6.07) is 1.99. The number of hydrogen-bond acceptors (Lipinski definition) is 5. The first kappa shape index (κ1) is 15.2. The zero-order valence-corrected chi connectivity index (χ0v) is 13.2. The maximum absolute atomic E-state index is 12.2. The Hall–Kier alpha value is -1.24. The van der Waals surface area contributed by atoms with Crippen molar-refractivity contribution in [1.82, 2.24) is 10.3 Å². The van der Waals surface area contributed by atoms with Crippen molar-refractivity contribution in [3.05, 3.63) is 27.9 Å². The lowest BCUT2D eigenvalue weighted by molar-refractivity contribution is 0.0813. The van der Waals surface area contributed by atoms with Gasteiger partial charge in [0.1, 0.15) is 10.7 Å². The number of carbonyl (C=O) groups excluding carboxylic acids is 1. The van der Waals surface area contributed by atoms with Crippen molar-refractivity contribution in [3.63, 3.8) is 0 Å². The molecule has 0 spiro atoms. The van der Waals surface area contributed by atoms with Crippen LogP contribution in [-0.4, -0.2) is 28.1 Å². The van der Waals surface area contributed by atoms with Crippen LogP contribution in [0.4, 0.5) is 0 Å². The zero-order valence-electron chi connectivity index (χ0n) is 11.5. The maximum atomic E-state index is 12.2. The number of thiazole rings is 1. The molecule has 1 amide bonds. The lowest BCUT2D eigenvalue weighted by Gasteiger charge is -2.30. The van der Waals surface area contributed by atoms with E-state index in [4.69, 9.17) is 0 Å². The predicted molar refractivity (Wildman–Crippen MR) is 83.3 cm³/mol. The molecule has 108 valence electrons. The van der Waals surface area contributed by atoms with E-state index in [1.165, 1.54) is 11.3 Å². The largest absolute Gasteiger partial charge is 0.394 e. The quantitative estimate of drug-likeness (QED) is 0.861. The summed E-state index contributed by atoms with van der Waals surface area (Å²) in [6.07, 6.45) is 1.38. The summed E-state index contributed by atoms with van der Waals surface area (Å²) in [5.74, 6) is -0.222. The zero-order chi connectivity index (χ0) is 14.6. The van der Waals surface area contributed by atoms with Gasteiger partial charge in [-0.25, -0.2) is 4.98 Å². The van der Waals surface area contributed by atoms with E-state index in [0.717, 1.165) is 10.6 Å². The van der Waals surface area contributed by atoms with E-state index in [2.05, 4.69) is 10.3 Å². The van der Waals surface area contributed by atoms with Crippen molar-refractivity contribution < 1.29 is 9.90 Å². The van der Waals surface area contributed by atoms with Gasteiger partial charge >= 0.3 is 0 Å². The van der Waals surface area contributed by atoms with Crippen LogP contribution < -0.4 is 5.32 Å². The monoisotopic (exact) mass is 310 g/mol. The number of amides is 1. The van der Waals surface area contributed by atoms with E-state index in [1.807, 2.05) is 30.7 Å². The van der Waals surface area contributed by atoms with Gasteiger partial charge in [0.2, 0.25) is 0 Å². The Morgan fingerprint density at radius 1 is 1.40 bits per heavy atom. The number of rotatable bonds is 6. The number of carbonyl (C=O) groups is 1. The van der Waals surface area contributed by atoms with Crippen molar-refractivity contribution in [2.45, 2.75) is 32.2 Å². The first-order chi connectivity index (χ1) is 9.64. The molecule has 2 heterocycles. The third-order valence-corrected chi connectivity index (χ3v) is 5.11. The third kappa shape index (κ3) is 3.08. The minimum absolute atomic E-state index is 0.0622. The highest BCUT2D eigenvalue weighted by Gasteiger charge is 2.28. The normalized spacial score (nSPS) is 11.6. The fourth-order valence-corrected chi connectivity index (χ4v) is 3.40. The molecular weight excluding hydrogens is 292 g/mol. The molecule has 6 heteroatoms. The summed E-state index contributed by atoms with van der Waals surface area (Å²) in [5.41, 5.74) is 0.901. The second-order valence-corrected chi connectivity index (χ2v) is 6.29. The van der Waals surface area contributed by atoms with Gasteiger partial charge in [0.25, 0.3) is 5.91 Å². The highest BCUT2D eigenvalue weighted by Crippen LogP contribution is 2.26. The summed E-state index contributed by atoms with van der Waals surface area (Å²) in [6.45, 7) is 3.85. The molecule has 2 aromatic rings. The number of nitrogens with zero attached hydrogens (tertiary/aromatic N) is 1. The van der Waals surface area contributed by atoms with Gasteiger partial charge in [-0.15, -0.1) is 11.3 Å². The van der Waals surface area contributed by atoms with E-state index >= 15 is 0 Å². The van der Waals surface area contributed by atoms with E-state index < -0.39 is 5.54 Å². The van der Waals surface area contributed by atoms with E-state index in [1.54, 1.807) is 16.7 Å².